The largest absolute Gasteiger partial charge is 0.397 e. The number of nitrogen functional groups attached to an aromatic ring is 1. The molecule has 12 heteroatoms. The lowest BCUT2D eigenvalue weighted by atomic mass is 9.91. The smallest absolute Gasteiger partial charge is 0.326 e. The number of anilines is 1. The molecule has 3 fully saturated rings. The molecular weight excluding hydrogens is 664 g/mol. The minimum atomic E-state index is -0.570. The van der Waals surface area contributed by atoms with Crippen LogP contribution in [-0.4, -0.2) is 111 Å². The van der Waals surface area contributed by atoms with E-state index in [0.717, 1.165) is 72.9 Å². The molecule has 3 N–H and O–H groups in total. The number of aromatic nitrogens is 3. The predicted octanol–water partition coefficient (Wildman–Crippen LogP) is 4.14. The molecule has 5 heterocycles. The Labute approximate surface area is 303 Å². The van der Waals surface area contributed by atoms with Crippen molar-refractivity contribution >= 4 is 51.0 Å². The number of terminal acetylenes is 1. The monoisotopic (exact) mass is 710 g/mol. The lowest BCUT2D eigenvalue weighted by Gasteiger charge is -2.39. The van der Waals surface area contributed by atoms with Gasteiger partial charge in [0.1, 0.15) is 0 Å². The van der Waals surface area contributed by atoms with Crippen LogP contribution in [0.4, 0.5) is 5.69 Å². The Balaban J connectivity index is 1.04. The molecule has 7 rings (SSSR count). The topological polar surface area (TPSA) is 124 Å². The van der Waals surface area contributed by atoms with Crippen LogP contribution in [0.2, 0.25) is 5.02 Å². The Morgan fingerprint density at radius 1 is 1.00 bits per heavy atom. The van der Waals surface area contributed by atoms with E-state index >= 15 is 0 Å². The van der Waals surface area contributed by atoms with Gasteiger partial charge >= 0.3 is 5.69 Å². The zero-order valence-corrected chi connectivity index (χ0v) is 30.1. The summed E-state index contributed by atoms with van der Waals surface area (Å²) in [5, 5.41) is 1.25. The number of nitrogens with one attached hydrogen (secondary N) is 1. The molecule has 2 aromatic carbocycles. The minimum absolute atomic E-state index is 0.00689. The van der Waals surface area contributed by atoms with E-state index in [-0.39, 0.29) is 30.0 Å². The molecule has 3 aliphatic heterocycles. The number of nitrogens with zero attached hydrogens (tertiary/aromatic N) is 6. The van der Waals surface area contributed by atoms with Crippen LogP contribution in [0.25, 0.3) is 21.9 Å². The van der Waals surface area contributed by atoms with E-state index in [4.69, 9.17) is 23.8 Å². The van der Waals surface area contributed by atoms with Gasteiger partial charge in [-0.25, -0.2) is 4.79 Å². The normalized spacial score (nSPS) is 19.3. The zero-order valence-electron chi connectivity index (χ0n) is 29.3. The van der Waals surface area contributed by atoms with Crippen LogP contribution in [0.5, 0.6) is 0 Å². The fourth-order valence-corrected chi connectivity index (χ4v) is 8.62. The second kappa shape index (κ2) is 15.1. The molecule has 2 amide bonds. The minimum Gasteiger partial charge on any atom is -0.397 e. The number of hydrogen-bond donors (Lipinski definition) is 2. The van der Waals surface area contributed by atoms with Gasteiger partial charge in [-0.1, -0.05) is 35.7 Å². The van der Waals surface area contributed by atoms with Crippen LogP contribution in [0, 0.1) is 18.3 Å². The quantitative estimate of drug-likeness (QED) is 0.218. The fourth-order valence-electron chi connectivity index (χ4n) is 8.38. The van der Waals surface area contributed by atoms with Crippen molar-refractivity contribution in [3.8, 4) is 12.3 Å². The van der Waals surface area contributed by atoms with Gasteiger partial charge in [-0.15, -0.1) is 6.42 Å². The summed E-state index contributed by atoms with van der Waals surface area (Å²) in [6.07, 6.45) is 12.2. The number of para-hydroxylation sites is 1. The molecule has 0 spiro atoms. The van der Waals surface area contributed by atoms with Gasteiger partial charge < -0.3 is 25.4 Å². The number of amides is 2. The van der Waals surface area contributed by atoms with Gasteiger partial charge in [-0.3, -0.25) is 24.0 Å². The molecule has 0 unspecified atom stereocenters. The Morgan fingerprint density at radius 2 is 1.73 bits per heavy atom. The molecule has 0 saturated carbocycles. The van der Waals surface area contributed by atoms with E-state index in [9.17, 15) is 14.4 Å². The van der Waals surface area contributed by atoms with E-state index in [1.807, 2.05) is 34.1 Å². The SMILES string of the molecule is C#Cc1cc(C[C@@H](CC(=O)N2CCC(n3c(=O)[nH]c4c5ccccc5ncc43)CC2)C(=O)N2CCC(N3CCCN(C)CC3)CC2)cc(Cl)c1N. The number of nitrogens with two attached hydrogens (primary N) is 1. The van der Waals surface area contributed by atoms with E-state index < -0.39 is 5.92 Å². The average Bonchev–Trinajstić information content (AvgIpc) is 3.34. The van der Waals surface area contributed by atoms with Gasteiger partial charge in [0.15, 0.2) is 0 Å². The number of benzene rings is 2. The van der Waals surface area contributed by atoms with Crippen molar-refractivity contribution in [1.82, 2.24) is 34.1 Å². The highest BCUT2D eigenvalue weighted by atomic mass is 35.5. The molecule has 0 aliphatic carbocycles. The van der Waals surface area contributed by atoms with Crippen molar-refractivity contribution in [2.24, 2.45) is 5.92 Å². The number of piperidine rings is 2. The van der Waals surface area contributed by atoms with E-state index in [1.54, 1.807) is 22.9 Å². The summed E-state index contributed by atoms with van der Waals surface area (Å²) < 4.78 is 1.80. The summed E-state index contributed by atoms with van der Waals surface area (Å²) in [7, 11) is 2.18. The number of carbonyl (C=O) groups is 2. The molecule has 11 nitrogen and oxygen atoms in total. The number of fused-ring (bicyclic) bond motifs is 3. The summed E-state index contributed by atoms with van der Waals surface area (Å²) in [6.45, 7) is 6.67. The van der Waals surface area contributed by atoms with E-state index in [1.165, 1.54) is 0 Å². The first-order valence-corrected chi connectivity index (χ1v) is 18.6. The van der Waals surface area contributed by atoms with Crippen LogP contribution in [0.15, 0.2) is 47.4 Å². The Kier molecular flexibility index (Phi) is 10.4. The van der Waals surface area contributed by atoms with Crippen molar-refractivity contribution in [1.29, 1.82) is 0 Å². The van der Waals surface area contributed by atoms with E-state index in [0.29, 0.717) is 67.8 Å². The van der Waals surface area contributed by atoms with E-state index in [2.05, 4.69) is 32.7 Å². The van der Waals surface area contributed by atoms with Gasteiger partial charge in [0, 0.05) is 68.7 Å². The summed E-state index contributed by atoms with van der Waals surface area (Å²) >= 11 is 6.45. The fraction of sp³-hybridized carbons (Fsp3) is 0.487. The Hall–Kier alpha value is -4.37. The number of rotatable bonds is 7. The number of aromatic amines is 1. The number of imidazole rings is 1. The summed E-state index contributed by atoms with van der Waals surface area (Å²) in [6, 6.07) is 11.7. The third kappa shape index (κ3) is 7.36. The number of H-pyrrole nitrogens is 1. The summed E-state index contributed by atoms with van der Waals surface area (Å²) in [5.74, 6) is 1.96. The molecule has 2 aromatic heterocycles. The van der Waals surface area contributed by atoms with Gasteiger partial charge in [0.2, 0.25) is 11.8 Å². The highest BCUT2D eigenvalue weighted by Gasteiger charge is 2.34. The number of pyridine rings is 1. The second-order valence-corrected chi connectivity index (χ2v) is 14.9. The summed E-state index contributed by atoms with van der Waals surface area (Å²) in [5.41, 5.74) is 9.93. The molecule has 268 valence electrons. The molecule has 51 heavy (non-hydrogen) atoms. The molecule has 4 aromatic rings. The highest BCUT2D eigenvalue weighted by Crippen LogP contribution is 2.31. The lowest BCUT2D eigenvalue weighted by molar-refractivity contribution is -0.143. The maximum atomic E-state index is 14.3. The van der Waals surface area contributed by atoms with Crippen molar-refractivity contribution in [2.75, 3.05) is 65.1 Å². The molecular formula is C39H47ClN8O3. The van der Waals surface area contributed by atoms with Crippen LogP contribution in [0.1, 0.15) is 55.7 Å². The first-order chi connectivity index (χ1) is 24.7. The first-order valence-electron chi connectivity index (χ1n) is 18.2. The molecule has 0 radical (unpaired) electrons. The first kappa shape index (κ1) is 35.1. The zero-order chi connectivity index (χ0) is 35.6. The maximum absolute atomic E-state index is 14.3. The Morgan fingerprint density at radius 3 is 2.49 bits per heavy atom. The van der Waals surface area contributed by atoms with Crippen molar-refractivity contribution in [3.63, 3.8) is 0 Å². The summed E-state index contributed by atoms with van der Waals surface area (Å²) in [4.78, 5) is 57.8. The van der Waals surface area contributed by atoms with Crippen LogP contribution in [0.3, 0.4) is 0 Å². The predicted molar refractivity (Wildman–Crippen MR) is 202 cm³/mol. The van der Waals surface area contributed by atoms with Gasteiger partial charge in [-0.2, -0.15) is 0 Å². The number of halogens is 1. The third-order valence-electron chi connectivity index (χ3n) is 11.3. The average molecular weight is 711 g/mol. The number of carbonyl (C=O) groups excluding carboxylic acids is 2. The number of hydrogen-bond acceptors (Lipinski definition) is 7. The van der Waals surface area contributed by atoms with Crippen molar-refractivity contribution in [2.45, 2.75) is 57.0 Å². The molecule has 3 aliphatic rings. The maximum Gasteiger partial charge on any atom is 0.326 e. The Bertz CT molecular complexity index is 2020. The van der Waals surface area contributed by atoms with Crippen LogP contribution < -0.4 is 11.4 Å². The van der Waals surface area contributed by atoms with Crippen LogP contribution in [-0.2, 0) is 16.0 Å². The second-order valence-electron chi connectivity index (χ2n) is 14.5. The molecule has 1 atom stereocenters. The number of likely N-dealkylation sites (tertiary alicyclic amines) is 2. The number of likely N-dealkylation sites (N-methyl/N-ethyl adjacent to an activating group) is 1. The molecule has 0 bridgehead atoms. The van der Waals surface area contributed by atoms with Crippen LogP contribution >= 0.6 is 11.6 Å². The van der Waals surface area contributed by atoms with Gasteiger partial charge in [-0.05, 0) is 82.4 Å². The lowest BCUT2D eigenvalue weighted by Crippen LogP contribution is -2.50. The third-order valence-corrected chi connectivity index (χ3v) is 11.6. The standard InChI is InChI=1S/C39H47ClN8O3/c1-3-27-21-26(23-32(40)36(27)41)22-28(38(50)47-17-9-29(10-18-47)45-14-6-13-44(2)19-20-45)24-35(49)46-15-11-30(12-16-46)48-34-25-42-33-8-5-4-7-31(33)37(34)43-39(48)51/h1,4-5,7-8,21,23,25,28-30H,6,9-20,22,24,41H2,2H3,(H,43,51)/t28-/m0/s1. The molecule has 3 saturated heterocycles. The van der Waals surface area contributed by atoms with Crippen molar-refractivity contribution < 1.29 is 9.59 Å². The van der Waals surface area contributed by atoms with Crippen molar-refractivity contribution in [3.05, 3.63) is 69.2 Å². The highest BCUT2D eigenvalue weighted by molar-refractivity contribution is 6.33. The van der Waals surface area contributed by atoms with Gasteiger partial charge in [0.25, 0.3) is 0 Å². The van der Waals surface area contributed by atoms with Gasteiger partial charge in [0.05, 0.1) is 39.4 Å².